The Morgan fingerprint density at radius 2 is 1.86 bits per heavy atom. The zero-order valence-corrected chi connectivity index (χ0v) is 18.2. The lowest BCUT2D eigenvalue weighted by atomic mass is 10.0. The lowest BCUT2D eigenvalue weighted by molar-refractivity contribution is -0.136. The molecule has 0 bridgehead atoms. The van der Waals surface area contributed by atoms with Crippen LogP contribution in [0.1, 0.15) is 57.1 Å². The minimum absolute atomic E-state index is 0.00968. The minimum Gasteiger partial charge on any atom is -0.334 e. The predicted octanol–water partition coefficient (Wildman–Crippen LogP) is 3.95. The Kier molecular flexibility index (Phi) is 6.23. The van der Waals surface area contributed by atoms with Gasteiger partial charge in [0.2, 0.25) is 5.91 Å². The average Bonchev–Trinajstić information content (AvgIpc) is 3.03. The van der Waals surface area contributed by atoms with Gasteiger partial charge in [-0.05, 0) is 39.4 Å². The number of aromatic nitrogens is 2. The molecule has 152 valence electrons. The molecule has 0 N–H and O–H groups in total. The molecular weight excluding hydrogens is 348 g/mol. The number of hydrogen-bond donors (Lipinski definition) is 0. The molecule has 5 nitrogen and oxygen atoms in total. The second-order valence-electron chi connectivity index (χ2n) is 8.45. The van der Waals surface area contributed by atoms with E-state index < -0.39 is 0 Å². The normalized spacial score (nSPS) is 14.6. The van der Waals surface area contributed by atoms with Crippen molar-refractivity contribution in [3.8, 4) is 5.69 Å². The molecule has 1 aliphatic rings. The second kappa shape index (κ2) is 8.48. The summed E-state index contributed by atoms with van der Waals surface area (Å²) in [5, 5.41) is 5.02. The van der Waals surface area contributed by atoms with Crippen molar-refractivity contribution in [2.75, 3.05) is 13.1 Å². The molecule has 1 amide bonds. The molecule has 0 atom stereocenters. The van der Waals surface area contributed by atoms with Crippen molar-refractivity contribution in [1.82, 2.24) is 19.6 Å². The molecule has 5 heteroatoms. The van der Waals surface area contributed by atoms with E-state index in [1.807, 2.05) is 18.7 Å². The third-order valence-corrected chi connectivity index (χ3v) is 5.67. The van der Waals surface area contributed by atoms with Crippen molar-refractivity contribution in [2.24, 2.45) is 5.92 Å². The van der Waals surface area contributed by atoms with Crippen LogP contribution in [0, 0.1) is 12.8 Å². The highest BCUT2D eigenvalue weighted by Crippen LogP contribution is 2.27. The van der Waals surface area contributed by atoms with Gasteiger partial charge in [-0.15, -0.1) is 0 Å². The van der Waals surface area contributed by atoms with Crippen LogP contribution in [-0.2, 0) is 24.3 Å². The molecule has 3 rings (SSSR count). The van der Waals surface area contributed by atoms with E-state index >= 15 is 0 Å². The molecule has 1 aliphatic heterocycles. The van der Waals surface area contributed by atoms with Crippen molar-refractivity contribution in [3.63, 3.8) is 0 Å². The van der Waals surface area contributed by atoms with Gasteiger partial charge in [-0.3, -0.25) is 9.69 Å². The standard InChI is InChI=1S/C23H34N4O/c1-7-25-13-12-22-20(14-25)21(15-26(17(4)5)23(28)16(2)3)24-27(22)19-10-8-18(6)9-11-19/h8-11,16-17H,7,12-15H2,1-6H3. The molecule has 2 aromatic rings. The SMILES string of the molecule is CCN1CCc2c(c(CN(C(=O)C(C)C)C(C)C)nn2-c2ccc(C)cc2)C1. The number of hydrogen-bond acceptors (Lipinski definition) is 3. The van der Waals surface area contributed by atoms with Crippen molar-refractivity contribution >= 4 is 5.91 Å². The highest BCUT2D eigenvalue weighted by Gasteiger charge is 2.28. The van der Waals surface area contributed by atoms with E-state index in [9.17, 15) is 4.79 Å². The summed E-state index contributed by atoms with van der Waals surface area (Å²) in [6.07, 6.45) is 0.990. The zero-order chi connectivity index (χ0) is 20.4. The zero-order valence-electron chi connectivity index (χ0n) is 18.2. The van der Waals surface area contributed by atoms with Gasteiger partial charge in [-0.2, -0.15) is 5.10 Å². The van der Waals surface area contributed by atoms with E-state index in [0.717, 1.165) is 37.4 Å². The lowest BCUT2D eigenvalue weighted by Crippen LogP contribution is -2.39. The Hall–Kier alpha value is -2.14. The molecule has 0 aliphatic carbocycles. The maximum Gasteiger partial charge on any atom is 0.225 e. The van der Waals surface area contributed by atoms with Gasteiger partial charge in [-0.1, -0.05) is 38.5 Å². The topological polar surface area (TPSA) is 41.4 Å². The van der Waals surface area contributed by atoms with Gasteiger partial charge in [-0.25, -0.2) is 4.68 Å². The van der Waals surface area contributed by atoms with E-state index in [1.165, 1.54) is 16.8 Å². The Labute approximate surface area is 169 Å². The first kappa shape index (κ1) is 20.6. The third kappa shape index (κ3) is 4.14. The van der Waals surface area contributed by atoms with E-state index in [2.05, 4.69) is 61.5 Å². The van der Waals surface area contributed by atoms with Crippen LogP contribution in [0.5, 0.6) is 0 Å². The number of benzene rings is 1. The Morgan fingerprint density at radius 3 is 2.43 bits per heavy atom. The lowest BCUT2D eigenvalue weighted by Gasteiger charge is -2.30. The van der Waals surface area contributed by atoms with E-state index in [-0.39, 0.29) is 17.9 Å². The number of aryl methyl sites for hydroxylation is 1. The second-order valence-corrected chi connectivity index (χ2v) is 8.45. The van der Waals surface area contributed by atoms with Gasteiger partial charge in [0.25, 0.3) is 0 Å². The molecule has 0 spiro atoms. The van der Waals surface area contributed by atoms with Crippen molar-refractivity contribution in [3.05, 3.63) is 46.8 Å². The maximum absolute atomic E-state index is 12.8. The minimum atomic E-state index is -0.00968. The van der Waals surface area contributed by atoms with E-state index in [1.54, 1.807) is 0 Å². The highest BCUT2D eigenvalue weighted by atomic mass is 16.2. The van der Waals surface area contributed by atoms with Gasteiger partial charge in [0, 0.05) is 37.0 Å². The molecule has 0 fully saturated rings. The molecule has 0 saturated heterocycles. The number of carbonyl (C=O) groups is 1. The summed E-state index contributed by atoms with van der Waals surface area (Å²) < 4.78 is 2.11. The highest BCUT2D eigenvalue weighted by molar-refractivity contribution is 5.78. The number of fused-ring (bicyclic) bond motifs is 1. The first-order chi connectivity index (χ1) is 13.3. The van der Waals surface area contributed by atoms with Gasteiger partial charge in [0.1, 0.15) is 0 Å². The van der Waals surface area contributed by atoms with Crippen LogP contribution in [0.25, 0.3) is 5.69 Å². The van der Waals surface area contributed by atoms with Crippen LogP contribution in [0.15, 0.2) is 24.3 Å². The van der Waals surface area contributed by atoms with Crippen LogP contribution in [0.2, 0.25) is 0 Å². The molecule has 1 aromatic heterocycles. The monoisotopic (exact) mass is 382 g/mol. The smallest absolute Gasteiger partial charge is 0.225 e. The molecule has 0 saturated carbocycles. The fraction of sp³-hybridized carbons (Fsp3) is 0.565. The number of rotatable bonds is 6. The van der Waals surface area contributed by atoms with E-state index in [4.69, 9.17) is 5.10 Å². The Bertz CT molecular complexity index is 820. The van der Waals surface area contributed by atoms with Crippen LogP contribution in [0.3, 0.4) is 0 Å². The largest absolute Gasteiger partial charge is 0.334 e. The Balaban J connectivity index is 2.02. The summed E-state index contributed by atoms with van der Waals surface area (Å²) in [4.78, 5) is 17.2. The predicted molar refractivity (Wildman–Crippen MR) is 113 cm³/mol. The van der Waals surface area contributed by atoms with Gasteiger partial charge in [0.15, 0.2) is 0 Å². The van der Waals surface area contributed by atoms with Crippen molar-refractivity contribution < 1.29 is 4.79 Å². The quantitative estimate of drug-likeness (QED) is 0.760. The first-order valence-corrected chi connectivity index (χ1v) is 10.5. The van der Waals surface area contributed by atoms with Crippen LogP contribution in [-0.4, -0.2) is 44.6 Å². The van der Waals surface area contributed by atoms with Crippen LogP contribution in [0.4, 0.5) is 0 Å². The van der Waals surface area contributed by atoms with Gasteiger partial charge >= 0.3 is 0 Å². The third-order valence-electron chi connectivity index (χ3n) is 5.67. The molecule has 0 radical (unpaired) electrons. The summed E-state index contributed by atoms with van der Waals surface area (Å²) in [5.41, 5.74) is 5.98. The summed E-state index contributed by atoms with van der Waals surface area (Å²) >= 11 is 0. The molecular formula is C23H34N4O. The van der Waals surface area contributed by atoms with Crippen LogP contribution < -0.4 is 0 Å². The maximum atomic E-state index is 12.8. The average molecular weight is 383 g/mol. The van der Waals surface area contributed by atoms with E-state index in [0.29, 0.717) is 6.54 Å². The Morgan fingerprint density at radius 1 is 1.18 bits per heavy atom. The summed E-state index contributed by atoms with van der Waals surface area (Å²) in [6, 6.07) is 8.69. The van der Waals surface area contributed by atoms with Gasteiger partial charge < -0.3 is 4.90 Å². The number of amides is 1. The summed E-state index contributed by atoms with van der Waals surface area (Å²) in [6.45, 7) is 16.0. The number of carbonyl (C=O) groups excluding carboxylic acids is 1. The van der Waals surface area contributed by atoms with Crippen LogP contribution >= 0.6 is 0 Å². The van der Waals surface area contributed by atoms with Crippen molar-refractivity contribution in [2.45, 2.75) is 67.1 Å². The fourth-order valence-corrected chi connectivity index (χ4v) is 3.85. The molecule has 28 heavy (non-hydrogen) atoms. The number of likely N-dealkylation sites (N-methyl/N-ethyl adjacent to an activating group) is 1. The summed E-state index contributed by atoms with van der Waals surface area (Å²) in [5.74, 6) is 0.182. The fourth-order valence-electron chi connectivity index (χ4n) is 3.85. The van der Waals surface area contributed by atoms with Gasteiger partial charge in [0.05, 0.1) is 23.6 Å². The molecule has 1 aromatic carbocycles. The summed E-state index contributed by atoms with van der Waals surface area (Å²) in [7, 11) is 0. The van der Waals surface area contributed by atoms with Crippen molar-refractivity contribution in [1.29, 1.82) is 0 Å². The molecule has 2 heterocycles. The number of nitrogens with zero attached hydrogens (tertiary/aromatic N) is 4. The first-order valence-electron chi connectivity index (χ1n) is 10.5. The molecule has 0 unspecified atom stereocenters.